The molecular formula is C18H18FNS. The number of hydrogen-bond acceptors (Lipinski definition) is 2. The summed E-state index contributed by atoms with van der Waals surface area (Å²) in [6.07, 6.45) is 0. The minimum Gasteiger partial charge on any atom is -0.310 e. The topological polar surface area (TPSA) is 12.0 Å². The van der Waals surface area contributed by atoms with Crippen molar-refractivity contribution in [3.63, 3.8) is 0 Å². The van der Waals surface area contributed by atoms with Gasteiger partial charge in [0, 0.05) is 28.4 Å². The quantitative estimate of drug-likeness (QED) is 0.697. The van der Waals surface area contributed by atoms with Gasteiger partial charge in [0.2, 0.25) is 0 Å². The second-order valence-electron chi connectivity index (χ2n) is 5.49. The van der Waals surface area contributed by atoms with Crippen molar-refractivity contribution in [2.24, 2.45) is 0 Å². The summed E-state index contributed by atoms with van der Waals surface area (Å²) >= 11 is 1.66. The van der Waals surface area contributed by atoms with E-state index in [0.717, 1.165) is 15.8 Å². The molecule has 3 aromatic rings. The first-order valence-corrected chi connectivity index (χ1v) is 8.01. The Bertz CT molecular complexity index is 761. The summed E-state index contributed by atoms with van der Waals surface area (Å²) in [6, 6.07) is 14.0. The summed E-state index contributed by atoms with van der Waals surface area (Å²) in [4.78, 5) is 0. The highest BCUT2D eigenvalue weighted by Crippen LogP contribution is 2.34. The zero-order valence-corrected chi connectivity index (χ0v) is 13.0. The van der Waals surface area contributed by atoms with Gasteiger partial charge in [-0.25, -0.2) is 4.39 Å². The molecule has 1 nitrogen and oxygen atoms in total. The molecule has 0 spiro atoms. The van der Waals surface area contributed by atoms with E-state index in [2.05, 4.69) is 31.3 Å². The van der Waals surface area contributed by atoms with Crippen LogP contribution in [0.1, 0.15) is 19.4 Å². The molecule has 3 heteroatoms. The molecule has 2 aromatic carbocycles. The molecule has 0 radical (unpaired) electrons. The van der Waals surface area contributed by atoms with E-state index in [-0.39, 0.29) is 5.82 Å². The van der Waals surface area contributed by atoms with E-state index in [9.17, 15) is 4.39 Å². The molecular weight excluding hydrogens is 281 g/mol. The van der Waals surface area contributed by atoms with E-state index >= 15 is 0 Å². The largest absolute Gasteiger partial charge is 0.310 e. The number of thiophene rings is 1. The third-order valence-electron chi connectivity index (χ3n) is 3.52. The molecule has 0 saturated heterocycles. The molecule has 0 fully saturated rings. The number of nitrogens with one attached hydrogen (secondary N) is 1. The van der Waals surface area contributed by atoms with E-state index in [4.69, 9.17) is 0 Å². The van der Waals surface area contributed by atoms with Gasteiger partial charge in [0.05, 0.1) is 0 Å². The lowest BCUT2D eigenvalue weighted by molar-refractivity contribution is 0.582. The minimum atomic E-state index is -0.154. The summed E-state index contributed by atoms with van der Waals surface area (Å²) in [5, 5.41) is 6.53. The number of halogens is 1. The Morgan fingerprint density at radius 1 is 1.10 bits per heavy atom. The van der Waals surface area contributed by atoms with Crippen LogP contribution in [0, 0.1) is 5.82 Å². The van der Waals surface area contributed by atoms with Crippen molar-refractivity contribution in [1.82, 2.24) is 5.32 Å². The van der Waals surface area contributed by atoms with E-state index in [1.54, 1.807) is 17.4 Å². The van der Waals surface area contributed by atoms with Gasteiger partial charge < -0.3 is 5.32 Å². The fourth-order valence-electron chi connectivity index (χ4n) is 2.41. The SMILES string of the molecule is CC(C)NCc1ccc(-c2cccc3ccsc23)c(F)c1. The molecule has 0 atom stereocenters. The van der Waals surface area contributed by atoms with Crippen molar-refractivity contribution in [1.29, 1.82) is 0 Å². The van der Waals surface area contributed by atoms with Crippen LogP contribution in [0.25, 0.3) is 21.2 Å². The average molecular weight is 299 g/mol. The molecule has 0 unspecified atom stereocenters. The second kappa shape index (κ2) is 5.96. The van der Waals surface area contributed by atoms with Crippen LogP contribution in [0.2, 0.25) is 0 Å². The normalized spacial score (nSPS) is 11.4. The number of hydrogen-bond donors (Lipinski definition) is 1. The Kier molecular flexibility index (Phi) is 4.04. The smallest absolute Gasteiger partial charge is 0.131 e. The van der Waals surface area contributed by atoms with Crippen LogP contribution in [-0.4, -0.2) is 6.04 Å². The molecule has 1 heterocycles. The summed E-state index contributed by atoms with van der Waals surface area (Å²) in [5.41, 5.74) is 2.63. The van der Waals surface area contributed by atoms with Crippen LogP contribution in [-0.2, 0) is 6.54 Å². The van der Waals surface area contributed by atoms with Crippen molar-refractivity contribution < 1.29 is 4.39 Å². The highest BCUT2D eigenvalue weighted by molar-refractivity contribution is 7.17. The Hall–Kier alpha value is -1.71. The van der Waals surface area contributed by atoms with Crippen molar-refractivity contribution in [3.8, 4) is 11.1 Å². The molecule has 0 aliphatic heterocycles. The van der Waals surface area contributed by atoms with Gasteiger partial charge in [0.25, 0.3) is 0 Å². The third-order valence-corrected chi connectivity index (χ3v) is 4.48. The molecule has 108 valence electrons. The van der Waals surface area contributed by atoms with Crippen molar-refractivity contribution >= 4 is 21.4 Å². The highest BCUT2D eigenvalue weighted by Gasteiger charge is 2.10. The van der Waals surface area contributed by atoms with Crippen LogP contribution in [0.15, 0.2) is 47.8 Å². The van der Waals surface area contributed by atoms with Crippen LogP contribution in [0.5, 0.6) is 0 Å². The minimum absolute atomic E-state index is 0.154. The van der Waals surface area contributed by atoms with Crippen LogP contribution < -0.4 is 5.32 Å². The van der Waals surface area contributed by atoms with Gasteiger partial charge in [-0.15, -0.1) is 11.3 Å². The summed E-state index contributed by atoms with van der Waals surface area (Å²) in [5.74, 6) is -0.154. The van der Waals surface area contributed by atoms with Gasteiger partial charge in [0.15, 0.2) is 0 Å². The summed E-state index contributed by atoms with van der Waals surface area (Å²) < 4.78 is 15.6. The predicted octanol–water partition coefficient (Wildman–Crippen LogP) is 5.21. The maximum atomic E-state index is 14.5. The molecule has 21 heavy (non-hydrogen) atoms. The summed E-state index contributed by atoms with van der Waals surface area (Å²) in [6.45, 7) is 4.86. The number of rotatable bonds is 4. The fraction of sp³-hybridized carbons (Fsp3) is 0.222. The first-order valence-electron chi connectivity index (χ1n) is 7.13. The molecule has 0 saturated carbocycles. The van der Waals surface area contributed by atoms with Gasteiger partial charge in [-0.05, 0) is 28.5 Å². The lowest BCUT2D eigenvalue weighted by Gasteiger charge is -2.10. The van der Waals surface area contributed by atoms with Crippen molar-refractivity contribution in [3.05, 3.63) is 59.2 Å². The van der Waals surface area contributed by atoms with Crippen molar-refractivity contribution in [2.75, 3.05) is 0 Å². The maximum absolute atomic E-state index is 14.5. The lowest BCUT2D eigenvalue weighted by atomic mass is 10.0. The Morgan fingerprint density at radius 3 is 2.71 bits per heavy atom. The first kappa shape index (κ1) is 14.2. The fourth-order valence-corrected chi connectivity index (χ4v) is 3.34. The molecule has 0 aliphatic carbocycles. The average Bonchev–Trinajstić information content (AvgIpc) is 2.94. The third kappa shape index (κ3) is 2.99. The van der Waals surface area contributed by atoms with Crippen LogP contribution in [0.3, 0.4) is 0 Å². The van der Waals surface area contributed by atoms with Gasteiger partial charge >= 0.3 is 0 Å². The van der Waals surface area contributed by atoms with Crippen molar-refractivity contribution in [2.45, 2.75) is 26.4 Å². The standard InChI is InChI=1S/C18H18FNS/c1-12(2)20-11-13-6-7-15(17(19)10-13)16-5-3-4-14-8-9-21-18(14)16/h3-10,12,20H,11H2,1-2H3. The zero-order valence-electron chi connectivity index (χ0n) is 12.2. The highest BCUT2D eigenvalue weighted by atomic mass is 32.1. The van der Waals surface area contributed by atoms with E-state index in [1.165, 1.54) is 5.39 Å². The zero-order chi connectivity index (χ0) is 14.8. The second-order valence-corrected chi connectivity index (χ2v) is 6.41. The Balaban J connectivity index is 1.98. The molecule has 1 N–H and O–H groups in total. The lowest BCUT2D eigenvalue weighted by Crippen LogP contribution is -2.21. The number of fused-ring (bicyclic) bond motifs is 1. The molecule has 0 bridgehead atoms. The molecule has 1 aromatic heterocycles. The van der Waals surface area contributed by atoms with Crippen LogP contribution >= 0.6 is 11.3 Å². The Morgan fingerprint density at radius 2 is 1.95 bits per heavy atom. The van der Waals surface area contributed by atoms with Gasteiger partial charge in [-0.3, -0.25) is 0 Å². The first-order chi connectivity index (χ1) is 10.1. The van der Waals surface area contributed by atoms with E-state index < -0.39 is 0 Å². The monoisotopic (exact) mass is 299 g/mol. The Labute approximate surface area is 128 Å². The van der Waals surface area contributed by atoms with E-state index in [1.807, 2.05) is 29.6 Å². The van der Waals surface area contributed by atoms with Crippen LogP contribution in [0.4, 0.5) is 4.39 Å². The summed E-state index contributed by atoms with van der Waals surface area (Å²) in [7, 11) is 0. The predicted molar refractivity (Wildman–Crippen MR) is 89.2 cm³/mol. The van der Waals surface area contributed by atoms with Gasteiger partial charge in [-0.2, -0.15) is 0 Å². The van der Waals surface area contributed by atoms with Gasteiger partial charge in [-0.1, -0.05) is 44.2 Å². The van der Waals surface area contributed by atoms with E-state index in [0.29, 0.717) is 18.2 Å². The number of benzene rings is 2. The molecule has 0 aliphatic rings. The molecule has 0 amide bonds. The molecule has 3 rings (SSSR count). The van der Waals surface area contributed by atoms with Gasteiger partial charge in [0.1, 0.15) is 5.82 Å². The maximum Gasteiger partial charge on any atom is 0.131 e.